The van der Waals surface area contributed by atoms with Gasteiger partial charge in [0.05, 0.1) is 22.3 Å². The maximum Gasteiger partial charge on any atom is 0.265 e. The lowest BCUT2D eigenvalue weighted by Crippen LogP contribution is -2.48. The molecule has 1 amide bonds. The Labute approximate surface area is 152 Å². The highest BCUT2D eigenvalue weighted by Crippen LogP contribution is 2.21. The lowest BCUT2D eigenvalue weighted by Gasteiger charge is -2.34. The summed E-state index contributed by atoms with van der Waals surface area (Å²) in [7, 11) is 0. The van der Waals surface area contributed by atoms with E-state index in [1.807, 2.05) is 36.1 Å². The van der Waals surface area contributed by atoms with Gasteiger partial charge in [-0.1, -0.05) is 19.1 Å². The lowest BCUT2D eigenvalue weighted by atomic mass is 10.1. The second kappa shape index (κ2) is 7.77. The van der Waals surface area contributed by atoms with Crippen LogP contribution in [0.4, 0.5) is 0 Å². The van der Waals surface area contributed by atoms with Crippen molar-refractivity contribution in [2.45, 2.75) is 26.8 Å². The largest absolute Gasteiger partial charge is 0.335 e. The molecule has 1 aliphatic rings. The molecule has 2 heterocycles. The van der Waals surface area contributed by atoms with E-state index in [0.29, 0.717) is 5.56 Å². The number of aromatic nitrogens is 1. The van der Waals surface area contributed by atoms with Crippen LogP contribution in [-0.2, 0) is 13.0 Å². The van der Waals surface area contributed by atoms with Gasteiger partial charge in [0.25, 0.3) is 5.91 Å². The molecule has 1 fully saturated rings. The smallest absolute Gasteiger partial charge is 0.265 e. The highest BCUT2D eigenvalue weighted by atomic mass is 32.1. The quantitative estimate of drug-likeness (QED) is 0.847. The van der Waals surface area contributed by atoms with Crippen molar-refractivity contribution in [3.63, 3.8) is 0 Å². The minimum atomic E-state index is 0.118. The molecule has 0 unspecified atom stereocenters. The number of rotatable bonds is 4. The number of aryl methyl sites for hydroxylation is 2. The fraction of sp³-hybridized carbons (Fsp3) is 0.421. The van der Waals surface area contributed by atoms with Gasteiger partial charge in [-0.2, -0.15) is 5.26 Å². The summed E-state index contributed by atoms with van der Waals surface area (Å²) in [5, 5.41) is 9.89. The van der Waals surface area contributed by atoms with Crippen molar-refractivity contribution in [1.82, 2.24) is 14.8 Å². The molecule has 5 nitrogen and oxygen atoms in total. The number of hydrogen-bond acceptors (Lipinski definition) is 5. The Hall–Kier alpha value is -2.23. The van der Waals surface area contributed by atoms with Crippen LogP contribution in [0, 0.1) is 18.3 Å². The molecular weight excluding hydrogens is 332 g/mol. The van der Waals surface area contributed by atoms with Gasteiger partial charge in [-0.05, 0) is 31.0 Å². The highest BCUT2D eigenvalue weighted by molar-refractivity contribution is 7.13. The van der Waals surface area contributed by atoms with Gasteiger partial charge in [-0.25, -0.2) is 4.98 Å². The van der Waals surface area contributed by atoms with Crippen LogP contribution in [0.2, 0.25) is 0 Å². The zero-order chi connectivity index (χ0) is 17.8. The molecule has 0 aliphatic carbocycles. The normalized spacial score (nSPS) is 15.2. The van der Waals surface area contributed by atoms with Crippen molar-refractivity contribution in [2.75, 3.05) is 26.2 Å². The Bertz CT molecular complexity index is 783. The third-order valence-electron chi connectivity index (χ3n) is 4.49. The van der Waals surface area contributed by atoms with Crippen molar-refractivity contribution >= 4 is 17.2 Å². The van der Waals surface area contributed by atoms with Crippen molar-refractivity contribution in [3.05, 3.63) is 51.0 Å². The molecule has 3 rings (SSSR count). The van der Waals surface area contributed by atoms with Crippen LogP contribution in [0.1, 0.15) is 38.4 Å². The molecular formula is C19H22N4OS. The van der Waals surface area contributed by atoms with Gasteiger partial charge < -0.3 is 4.90 Å². The average Bonchev–Trinajstić information content (AvgIpc) is 3.03. The van der Waals surface area contributed by atoms with E-state index < -0.39 is 0 Å². The summed E-state index contributed by atoms with van der Waals surface area (Å²) in [5.41, 5.74) is 2.74. The van der Waals surface area contributed by atoms with E-state index in [4.69, 9.17) is 5.26 Å². The van der Waals surface area contributed by atoms with Crippen molar-refractivity contribution in [3.8, 4) is 6.07 Å². The van der Waals surface area contributed by atoms with Crippen molar-refractivity contribution < 1.29 is 4.79 Å². The monoisotopic (exact) mass is 354 g/mol. The first-order valence-corrected chi connectivity index (χ1v) is 9.39. The molecule has 6 heteroatoms. The Kier molecular flexibility index (Phi) is 5.47. The van der Waals surface area contributed by atoms with Crippen LogP contribution >= 0.6 is 11.3 Å². The van der Waals surface area contributed by atoms with Crippen molar-refractivity contribution in [1.29, 1.82) is 5.26 Å². The molecule has 1 aromatic carbocycles. The molecule has 0 bridgehead atoms. The molecule has 0 saturated carbocycles. The van der Waals surface area contributed by atoms with E-state index in [1.54, 1.807) is 0 Å². The van der Waals surface area contributed by atoms with E-state index in [9.17, 15) is 4.79 Å². The van der Waals surface area contributed by atoms with Crippen LogP contribution < -0.4 is 0 Å². The van der Waals surface area contributed by atoms with Gasteiger partial charge in [-0.3, -0.25) is 9.69 Å². The van der Waals surface area contributed by atoms with E-state index in [2.05, 4.69) is 22.9 Å². The van der Waals surface area contributed by atoms with Crippen LogP contribution in [0.15, 0.2) is 24.3 Å². The standard InChI is InChI=1S/C19H22N4OS/c1-3-17-21-14(2)18(25-17)19(24)23-10-8-22(9-11-23)13-16-6-4-15(12-20)5-7-16/h4-7H,3,8-11,13H2,1-2H3. The molecule has 0 N–H and O–H groups in total. The highest BCUT2D eigenvalue weighted by Gasteiger charge is 2.25. The van der Waals surface area contributed by atoms with Gasteiger partial charge in [0, 0.05) is 32.7 Å². The SMILES string of the molecule is CCc1nc(C)c(C(=O)N2CCN(Cc3ccc(C#N)cc3)CC2)s1. The van der Waals surface area contributed by atoms with E-state index in [0.717, 1.165) is 54.7 Å². The summed E-state index contributed by atoms with van der Waals surface area (Å²) in [4.78, 5) is 22.3. The summed E-state index contributed by atoms with van der Waals surface area (Å²) >= 11 is 1.53. The van der Waals surface area contributed by atoms with Gasteiger partial charge in [-0.15, -0.1) is 11.3 Å². The molecule has 1 saturated heterocycles. The van der Waals surface area contributed by atoms with Gasteiger partial charge in [0.15, 0.2) is 0 Å². The van der Waals surface area contributed by atoms with Gasteiger partial charge in [0.2, 0.25) is 0 Å². The lowest BCUT2D eigenvalue weighted by molar-refractivity contribution is 0.0632. The summed E-state index contributed by atoms with van der Waals surface area (Å²) in [6.07, 6.45) is 0.872. The predicted octanol–water partition coefficient (Wildman–Crippen LogP) is 2.84. The number of piperazine rings is 1. The van der Waals surface area contributed by atoms with E-state index >= 15 is 0 Å². The number of hydrogen-bond donors (Lipinski definition) is 0. The van der Waals surface area contributed by atoms with Crippen LogP contribution in [0.5, 0.6) is 0 Å². The van der Waals surface area contributed by atoms with E-state index in [1.165, 1.54) is 16.9 Å². The zero-order valence-corrected chi connectivity index (χ0v) is 15.5. The fourth-order valence-electron chi connectivity index (χ4n) is 3.00. The molecule has 0 atom stereocenters. The predicted molar refractivity (Wildman–Crippen MR) is 98.6 cm³/mol. The number of carbonyl (C=O) groups is 1. The third kappa shape index (κ3) is 4.06. The maximum atomic E-state index is 12.7. The Morgan fingerprint density at radius 3 is 2.48 bits per heavy atom. The summed E-state index contributed by atoms with van der Waals surface area (Å²) in [5.74, 6) is 0.118. The molecule has 1 aromatic heterocycles. The molecule has 1 aliphatic heterocycles. The number of benzene rings is 1. The maximum absolute atomic E-state index is 12.7. The first-order valence-electron chi connectivity index (χ1n) is 8.57. The number of nitrogens with zero attached hydrogens (tertiary/aromatic N) is 4. The Morgan fingerprint density at radius 1 is 1.24 bits per heavy atom. The number of thiazole rings is 1. The van der Waals surface area contributed by atoms with Gasteiger partial charge >= 0.3 is 0 Å². The number of amides is 1. The molecule has 0 radical (unpaired) electrons. The fourth-order valence-corrected chi connectivity index (χ4v) is 3.97. The third-order valence-corrected chi connectivity index (χ3v) is 5.78. The minimum absolute atomic E-state index is 0.118. The zero-order valence-electron chi connectivity index (χ0n) is 14.7. The second-order valence-electron chi connectivity index (χ2n) is 6.25. The minimum Gasteiger partial charge on any atom is -0.335 e. The number of nitriles is 1. The number of carbonyl (C=O) groups excluding carboxylic acids is 1. The first-order chi connectivity index (χ1) is 12.1. The summed E-state index contributed by atoms with van der Waals surface area (Å²) in [6, 6.07) is 9.85. The first kappa shape index (κ1) is 17.6. The summed E-state index contributed by atoms with van der Waals surface area (Å²) in [6.45, 7) is 8.06. The molecule has 0 spiro atoms. The van der Waals surface area contributed by atoms with Crippen LogP contribution in [0.25, 0.3) is 0 Å². The van der Waals surface area contributed by atoms with Crippen molar-refractivity contribution in [2.24, 2.45) is 0 Å². The average molecular weight is 354 g/mol. The Balaban J connectivity index is 1.56. The van der Waals surface area contributed by atoms with Gasteiger partial charge in [0.1, 0.15) is 4.88 Å². The van der Waals surface area contributed by atoms with Crippen LogP contribution in [-0.4, -0.2) is 46.9 Å². The summed E-state index contributed by atoms with van der Waals surface area (Å²) < 4.78 is 0. The molecule has 2 aromatic rings. The van der Waals surface area contributed by atoms with Crippen LogP contribution in [0.3, 0.4) is 0 Å². The topological polar surface area (TPSA) is 60.2 Å². The molecule has 25 heavy (non-hydrogen) atoms. The van der Waals surface area contributed by atoms with E-state index in [-0.39, 0.29) is 5.91 Å². The molecule has 130 valence electrons. The Morgan fingerprint density at radius 2 is 1.92 bits per heavy atom. The second-order valence-corrected chi connectivity index (χ2v) is 7.34.